The Bertz CT molecular complexity index is 583. The van der Waals surface area contributed by atoms with Crippen molar-refractivity contribution in [1.29, 1.82) is 0 Å². The van der Waals surface area contributed by atoms with Crippen LogP contribution in [-0.4, -0.2) is 65.2 Å². The predicted molar refractivity (Wildman–Crippen MR) is 103 cm³/mol. The van der Waals surface area contributed by atoms with Crippen LogP contribution in [0, 0.1) is 18.8 Å². The summed E-state index contributed by atoms with van der Waals surface area (Å²) in [6, 6.07) is 0.781. The van der Waals surface area contributed by atoms with Crippen LogP contribution in [0.25, 0.3) is 0 Å². The van der Waals surface area contributed by atoms with Crippen molar-refractivity contribution in [3.63, 3.8) is 0 Å². The van der Waals surface area contributed by atoms with Crippen LogP contribution in [0.2, 0.25) is 0 Å². The van der Waals surface area contributed by atoms with Crippen LogP contribution in [0.15, 0.2) is 9.52 Å². The van der Waals surface area contributed by atoms with E-state index in [4.69, 9.17) is 4.52 Å². The number of nitrogens with zero attached hydrogens (tertiary/aromatic N) is 5. The zero-order chi connectivity index (χ0) is 18.5. The van der Waals surface area contributed by atoms with Gasteiger partial charge >= 0.3 is 0 Å². The van der Waals surface area contributed by atoms with Crippen molar-refractivity contribution >= 4 is 5.96 Å². The third-order valence-electron chi connectivity index (χ3n) is 5.99. The Kier molecular flexibility index (Phi) is 6.51. The molecule has 2 heterocycles. The number of aromatic nitrogens is 2. The van der Waals surface area contributed by atoms with Gasteiger partial charge in [-0.05, 0) is 44.4 Å². The van der Waals surface area contributed by atoms with Crippen molar-refractivity contribution in [2.45, 2.75) is 59.0 Å². The second-order valence-electron chi connectivity index (χ2n) is 7.97. The first kappa shape index (κ1) is 19.1. The lowest BCUT2D eigenvalue weighted by Crippen LogP contribution is -2.55. The fourth-order valence-electron chi connectivity index (χ4n) is 4.33. The molecule has 0 bridgehead atoms. The number of nitrogens with one attached hydrogen (secondary N) is 1. The summed E-state index contributed by atoms with van der Waals surface area (Å²) < 4.78 is 5.16. The summed E-state index contributed by atoms with van der Waals surface area (Å²) >= 11 is 0. The standard InChI is InChI=1S/C19H34N6O/c1-14(2)16-5-7-17(8-6-16)24-9-11-25(12-10-24)19(20-4)21-13-18-22-15(3)23-26-18/h14,16-17H,5-13H2,1-4H3,(H,20,21). The third-order valence-corrected chi connectivity index (χ3v) is 5.99. The van der Waals surface area contributed by atoms with Crippen molar-refractivity contribution in [2.75, 3.05) is 33.2 Å². The van der Waals surface area contributed by atoms with E-state index in [1.807, 2.05) is 14.0 Å². The zero-order valence-electron chi connectivity index (χ0n) is 16.7. The van der Waals surface area contributed by atoms with Gasteiger partial charge in [0.2, 0.25) is 5.89 Å². The molecule has 1 aromatic rings. The first-order valence-electron chi connectivity index (χ1n) is 10.1. The van der Waals surface area contributed by atoms with Crippen molar-refractivity contribution in [3.8, 4) is 0 Å². The molecule has 1 N–H and O–H groups in total. The smallest absolute Gasteiger partial charge is 0.246 e. The molecule has 26 heavy (non-hydrogen) atoms. The van der Waals surface area contributed by atoms with Crippen LogP contribution in [0.5, 0.6) is 0 Å². The first-order chi connectivity index (χ1) is 12.6. The molecule has 0 aromatic carbocycles. The summed E-state index contributed by atoms with van der Waals surface area (Å²) in [6.45, 7) is 11.4. The molecule has 0 unspecified atom stereocenters. The van der Waals surface area contributed by atoms with Gasteiger partial charge in [0.25, 0.3) is 0 Å². The second-order valence-corrected chi connectivity index (χ2v) is 7.97. The van der Waals surface area contributed by atoms with Gasteiger partial charge in [0.05, 0.1) is 6.54 Å². The van der Waals surface area contributed by atoms with Crippen LogP contribution in [0.4, 0.5) is 0 Å². The molecule has 0 amide bonds. The highest BCUT2D eigenvalue weighted by molar-refractivity contribution is 5.79. The monoisotopic (exact) mass is 362 g/mol. The third kappa shape index (κ3) is 4.75. The average Bonchev–Trinajstić information content (AvgIpc) is 3.08. The molecule has 0 spiro atoms. The van der Waals surface area contributed by atoms with Gasteiger partial charge in [-0.3, -0.25) is 9.89 Å². The number of hydrogen-bond acceptors (Lipinski definition) is 5. The normalized spacial score (nSPS) is 25.7. The number of aryl methyl sites for hydroxylation is 1. The van der Waals surface area contributed by atoms with E-state index >= 15 is 0 Å². The van der Waals surface area contributed by atoms with Crippen molar-refractivity contribution in [1.82, 2.24) is 25.3 Å². The Morgan fingerprint density at radius 3 is 2.42 bits per heavy atom. The number of guanidine groups is 1. The van der Waals surface area contributed by atoms with E-state index in [1.165, 1.54) is 25.7 Å². The first-order valence-corrected chi connectivity index (χ1v) is 10.1. The minimum atomic E-state index is 0.521. The summed E-state index contributed by atoms with van der Waals surface area (Å²) in [5, 5.41) is 7.17. The van der Waals surface area contributed by atoms with Crippen molar-refractivity contribution in [2.24, 2.45) is 16.8 Å². The van der Waals surface area contributed by atoms with Gasteiger partial charge in [-0.25, -0.2) is 0 Å². The fourth-order valence-corrected chi connectivity index (χ4v) is 4.33. The molecule has 1 aliphatic carbocycles. The molecule has 1 saturated carbocycles. The zero-order valence-corrected chi connectivity index (χ0v) is 16.7. The summed E-state index contributed by atoms with van der Waals surface area (Å²) in [6.07, 6.45) is 5.53. The van der Waals surface area contributed by atoms with E-state index in [0.717, 1.165) is 50.0 Å². The summed E-state index contributed by atoms with van der Waals surface area (Å²) in [4.78, 5) is 13.7. The quantitative estimate of drug-likeness (QED) is 0.655. The Hall–Kier alpha value is -1.63. The maximum absolute atomic E-state index is 5.16. The van der Waals surface area contributed by atoms with Crippen LogP contribution in [0.1, 0.15) is 51.2 Å². The SMILES string of the molecule is CN=C(NCc1nc(C)no1)N1CCN(C2CCC(C(C)C)CC2)CC1. The molecule has 2 aliphatic rings. The molecule has 0 atom stereocenters. The molecule has 1 aromatic heterocycles. The van der Waals surface area contributed by atoms with Crippen molar-refractivity contribution < 1.29 is 4.52 Å². The van der Waals surface area contributed by atoms with Crippen LogP contribution in [-0.2, 0) is 6.54 Å². The molecule has 0 radical (unpaired) electrons. The lowest BCUT2D eigenvalue weighted by atomic mass is 9.79. The Morgan fingerprint density at radius 2 is 1.88 bits per heavy atom. The van der Waals surface area contributed by atoms with E-state index in [-0.39, 0.29) is 0 Å². The lowest BCUT2D eigenvalue weighted by molar-refractivity contribution is 0.0863. The van der Waals surface area contributed by atoms with Crippen LogP contribution >= 0.6 is 0 Å². The number of hydrogen-bond donors (Lipinski definition) is 1. The number of piperazine rings is 1. The van der Waals surface area contributed by atoms with E-state index in [0.29, 0.717) is 18.3 Å². The maximum Gasteiger partial charge on any atom is 0.246 e. The minimum absolute atomic E-state index is 0.521. The Morgan fingerprint density at radius 1 is 1.19 bits per heavy atom. The average molecular weight is 363 g/mol. The van der Waals surface area contributed by atoms with E-state index < -0.39 is 0 Å². The molecule has 3 rings (SSSR count). The predicted octanol–water partition coefficient (Wildman–Crippen LogP) is 2.29. The lowest BCUT2D eigenvalue weighted by Gasteiger charge is -2.43. The van der Waals surface area contributed by atoms with Crippen molar-refractivity contribution in [3.05, 3.63) is 11.7 Å². The molecule has 7 nitrogen and oxygen atoms in total. The van der Waals surface area contributed by atoms with Gasteiger partial charge in [-0.2, -0.15) is 4.98 Å². The fraction of sp³-hybridized carbons (Fsp3) is 0.842. The topological polar surface area (TPSA) is 69.8 Å². The molecule has 1 saturated heterocycles. The van der Waals surface area contributed by atoms with E-state index in [9.17, 15) is 0 Å². The second kappa shape index (κ2) is 8.84. The number of aliphatic imine (C=N–C) groups is 1. The molecular formula is C19H34N6O. The van der Waals surface area contributed by atoms with Gasteiger partial charge in [0.15, 0.2) is 11.8 Å². The van der Waals surface area contributed by atoms with Gasteiger partial charge in [-0.15, -0.1) is 0 Å². The Labute approximate surface area is 157 Å². The summed E-state index contributed by atoms with van der Waals surface area (Å²) in [5.41, 5.74) is 0. The number of rotatable bonds is 4. The van der Waals surface area contributed by atoms with Gasteiger partial charge in [0.1, 0.15) is 0 Å². The van der Waals surface area contributed by atoms with Crippen LogP contribution in [0.3, 0.4) is 0 Å². The Balaban J connectivity index is 1.43. The molecule has 7 heteroatoms. The highest BCUT2D eigenvalue weighted by Crippen LogP contribution is 2.32. The van der Waals surface area contributed by atoms with Gasteiger partial charge < -0.3 is 14.7 Å². The molecule has 146 valence electrons. The van der Waals surface area contributed by atoms with Crippen LogP contribution < -0.4 is 5.32 Å². The molecular weight excluding hydrogens is 328 g/mol. The minimum Gasteiger partial charge on any atom is -0.347 e. The van der Waals surface area contributed by atoms with Gasteiger partial charge in [-0.1, -0.05) is 19.0 Å². The maximum atomic E-state index is 5.16. The molecule has 1 aliphatic heterocycles. The van der Waals surface area contributed by atoms with E-state index in [1.54, 1.807) is 0 Å². The van der Waals surface area contributed by atoms with E-state index in [2.05, 4.69) is 44.1 Å². The summed E-state index contributed by atoms with van der Waals surface area (Å²) in [7, 11) is 1.83. The highest BCUT2D eigenvalue weighted by Gasteiger charge is 2.29. The highest BCUT2D eigenvalue weighted by atomic mass is 16.5. The summed E-state index contributed by atoms with van der Waals surface area (Å²) in [5.74, 6) is 3.96. The van der Waals surface area contributed by atoms with Gasteiger partial charge in [0, 0.05) is 39.3 Å². The largest absolute Gasteiger partial charge is 0.347 e. The molecule has 2 fully saturated rings.